The highest BCUT2D eigenvalue weighted by molar-refractivity contribution is 6.04. The van der Waals surface area contributed by atoms with Crippen molar-refractivity contribution in [3.8, 4) is 11.5 Å². The van der Waals surface area contributed by atoms with Crippen LogP contribution in [0.2, 0.25) is 0 Å². The molecule has 1 atom stereocenters. The molecule has 31 heavy (non-hydrogen) atoms. The number of carbonyl (C=O) groups excluding carboxylic acids is 2. The van der Waals surface area contributed by atoms with Crippen molar-refractivity contribution in [2.24, 2.45) is 0 Å². The summed E-state index contributed by atoms with van der Waals surface area (Å²) < 4.78 is 17.2. The minimum absolute atomic E-state index is 0.0269. The number of ether oxygens (including phenoxy) is 2. The van der Waals surface area contributed by atoms with Gasteiger partial charge in [0.25, 0.3) is 5.91 Å². The Morgan fingerprint density at radius 1 is 1.26 bits per heavy atom. The molecule has 7 nitrogen and oxygen atoms in total. The molecule has 1 aromatic heterocycles. The third-order valence-electron chi connectivity index (χ3n) is 5.52. The van der Waals surface area contributed by atoms with Crippen molar-refractivity contribution < 1.29 is 23.5 Å². The van der Waals surface area contributed by atoms with Crippen LogP contribution in [0.15, 0.2) is 65.6 Å². The molecule has 1 aliphatic heterocycles. The van der Waals surface area contributed by atoms with Crippen LogP contribution in [0.25, 0.3) is 11.0 Å². The van der Waals surface area contributed by atoms with Crippen molar-refractivity contribution in [2.45, 2.75) is 19.0 Å². The molecule has 0 aliphatic carbocycles. The zero-order valence-corrected chi connectivity index (χ0v) is 17.5. The average Bonchev–Trinajstić information content (AvgIpc) is 3.13. The molecule has 1 N–H and O–H groups in total. The number of rotatable bonds is 6. The summed E-state index contributed by atoms with van der Waals surface area (Å²) in [6.45, 7) is 5.81. The summed E-state index contributed by atoms with van der Waals surface area (Å²) in [5, 5.41) is 3.62. The lowest BCUT2D eigenvalue weighted by atomic mass is 9.99. The van der Waals surface area contributed by atoms with E-state index in [1.807, 2.05) is 42.5 Å². The molecule has 0 bridgehead atoms. The van der Waals surface area contributed by atoms with Crippen LogP contribution in [0, 0.1) is 0 Å². The second kappa shape index (κ2) is 8.18. The van der Waals surface area contributed by atoms with Gasteiger partial charge < -0.3 is 24.1 Å². The van der Waals surface area contributed by atoms with Crippen LogP contribution < -0.4 is 14.8 Å². The van der Waals surface area contributed by atoms with Gasteiger partial charge in [0.2, 0.25) is 11.7 Å². The number of nitrogens with zero attached hydrogens (tertiary/aromatic N) is 1. The lowest BCUT2D eigenvalue weighted by molar-refractivity contribution is -0.132. The van der Waals surface area contributed by atoms with Gasteiger partial charge in [-0.15, -0.1) is 6.58 Å². The van der Waals surface area contributed by atoms with E-state index in [-0.39, 0.29) is 31.4 Å². The number of para-hydroxylation sites is 2. The minimum Gasteiger partial charge on any atom is -0.496 e. The number of fused-ring (bicyclic) bond motifs is 3. The minimum atomic E-state index is -1.27. The van der Waals surface area contributed by atoms with Gasteiger partial charge in [-0.2, -0.15) is 0 Å². The highest BCUT2D eigenvalue weighted by Gasteiger charge is 2.47. The first-order valence-electron chi connectivity index (χ1n) is 9.97. The number of methoxy groups -OCH3 is 1. The third kappa shape index (κ3) is 3.52. The molecule has 0 saturated heterocycles. The lowest BCUT2D eigenvalue weighted by Gasteiger charge is -2.36. The molecule has 2 heterocycles. The fourth-order valence-electron chi connectivity index (χ4n) is 3.76. The number of amides is 2. The molecular formula is C24H24N2O5. The Morgan fingerprint density at radius 2 is 2.00 bits per heavy atom. The van der Waals surface area contributed by atoms with Crippen molar-refractivity contribution in [3.63, 3.8) is 0 Å². The fraction of sp³-hybridized carbons (Fsp3) is 0.250. The van der Waals surface area contributed by atoms with Gasteiger partial charge in [-0.1, -0.05) is 36.4 Å². The van der Waals surface area contributed by atoms with E-state index in [1.165, 1.54) is 4.90 Å². The zero-order valence-electron chi connectivity index (χ0n) is 17.5. The summed E-state index contributed by atoms with van der Waals surface area (Å²) in [5.74, 6) is 0.358. The number of hydrogen-bond acceptors (Lipinski definition) is 5. The predicted molar refractivity (Wildman–Crippen MR) is 116 cm³/mol. The summed E-state index contributed by atoms with van der Waals surface area (Å²) in [7, 11) is 1.58. The smallest absolute Gasteiger partial charge is 0.294 e. The first-order chi connectivity index (χ1) is 15.0. The van der Waals surface area contributed by atoms with Crippen molar-refractivity contribution in [3.05, 3.63) is 72.5 Å². The highest BCUT2D eigenvalue weighted by atomic mass is 16.5. The van der Waals surface area contributed by atoms with E-state index in [2.05, 4.69) is 11.9 Å². The number of hydrogen-bond donors (Lipinski definition) is 1. The van der Waals surface area contributed by atoms with E-state index in [0.717, 1.165) is 5.56 Å². The molecule has 2 amide bonds. The van der Waals surface area contributed by atoms with Gasteiger partial charge in [0.15, 0.2) is 11.3 Å². The molecule has 160 valence electrons. The van der Waals surface area contributed by atoms with Crippen molar-refractivity contribution >= 4 is 22.8 Å². The van der Waals surface area contributed by atoms with Crippen LogP contribution in [0.1, 0.15) is 23.0 Å². The van der Waals surface area contributed by atoms with Crippen LogP contribution >= 0.6 is 0 Å². The molecule has 1 aliphatic rings. The average molecular weight is 420 g/mol. The Morgan fingerprint density at radius 3 is 2.77 bits per heavy atom. The number of benzene rings is 2. The van der Waals surface area contributed by atoms with Crippen LogP contribution in [0.5, 0.6) is 11.5 Å². The van der Waals surface area contributed by atoms with Gasteiger partial charge in [-0.3, -0.25) is 9.59 Å². The fourth-order valence-corrected chi connectivity index (χ4v) is 3.76. The first kappa shape index (κ1) is 20.5. The van der Waals surface area contributed by atoms with Crippen molar-refractivity contribution in [1.29, 1.82) is 0 Å². The monoisotopic (exact) mass is 420 g/mol. The Bertz CT molecular complexity index is 1150. The Kier molecular flexibility index (Phi) is 5.42. The molecule has 3 aromatic rings. The predicted octanol–water partition coefficient (Wildman–Crippen LogP) is 3.54. The molecule has 0 fully saturated rings. The Balaban J connectivity index is 1.64. The molecule has 1 unspecified atom stereocenters. The standard InChI is InChI=1S/C24H24N2O5/c1-4-13-26-22(27)21-20(17-10-6-8-12-19(17)31-21)30-15-24(26,2)23(28)25-14-16-9-5-7-11-18(16)29-3/h4-12H,1,13-15H2,2-3H3,(H,25,28). The topological polar surface area (TPSA) is 81.0 Å². The first-order valence-corrected chi connectivity index (χ1v) is 9.97. The maximum absolute atomic E-state index is 13.4. The third-order valence-corrected chi connectivity index (χ3v) is 5.52. The van der Waals surface area contributed by atoms with E-state index in [9.17, 15) is 9.59 Å². The molecule has 7 heteroatoms. The summed E-state index contributed by atoms with van der Waals surface area (Å²) in [6, 6.07) is 14.7. The second-order valence-corrected chi connectivity index (χ2v) is 7.52. The van der Waals surface area contributed by atoms with Gasteiger partial charge in [0, 0.05) is 18.7 Å². The van der Waals surface area contributed by atoms with Crippen LogP contribution in [-0.4, -0.2) is 42.5 Å². The number of nitrogens with one attached hydrogen (secondary N) is 1. The molecular weight excluding hydrogens is 396 g/mol. The normalized spacial score (nSPS) is 18.1. The Labute approximate surface area is 180 Å². The van der Waals surface area contributed by atoms with E-state index < -0.39 is 11.4 Å². The number of carbonyl (C=O) groups is 2. The molecule has 4 rings (SSSR count). The second-order valence-electron chi connectivity index (χ2n) is 7.52. The molecule has 0 spiro atoms. The van der Waals surface area contributed by atoms with Gasteiger partial charge >= 0.3 is 0 Å². The van der Waals surface area contributed by atoms with E-state index >= 15 is 0 Å². The highest BCUT2D eigenvalue weighted by Crippen LogP contribution is 2.38. The van der Waals surface area contributed by atoms with Crippen LogP contribution in [0.4, 0.5) is 0 Å². The van der Waals surface area contributed by atoms with Gasteiger partial charge in [0.1, 0.15) is 17.9 Å². The van der Waals surface area contributed by atoms with Gasteiger partial charge in [-0.25, -0.2) is 0 Å². The number of furan rings is 1. The largest absolute Gasteiger partial charge is 0.496 e. The van der Waals surface area contributed by atoms with Crippen LogP contribution in [-0.2, 0) is 11.3 Å². The van der Waals surface area contributed by atoms with E-state index in [4.69, 9.17) is 13.9 Å². The van der Waals surface area contributed by atoms with Crippen LogP contribution in [0.3, 0.4) is 0 Å². The van der Waals surface area contributed by atoms with Gasteiger partial charge in [-0.05, 0) is 25.1 Å². The van der Waals surface area contributed by atoms with E-state index in [0.29, 0.717) is 22.5 Å². The van der Waals surface area contributed by atoms with E-state index in [1.54, 1.807) is 26.2 Å². The summed E-state index contributed by atoms with van der Waals surface area (Å²) >= 11 is 0. The maximum atomic E-state index is 13.4. The Hall–Kier alpha value is -3.74. The quantitative estimate of drug-likeness (QED) is 0.617. The zero-order chi connectivity index (χ0) is 22.0. The summed E-state index contributed by atoms with van der Waals surface area (Å²) in [4.78, 5) is 28.2. The summed E-state index contributed by atoms with van der Waals surface area (Å²) in [6.07, 6.45) is 1.58. The van der Waals surface area contributed by atoms with Gasteiger partial charge in [0.05, 0.1) is 12.5 Å². The lowest BCUT2D eigenvalue weighted by Crippen LogP contribution is -2.61. The molecule has 2 aromatic carbocycles. The molecule has 0 radical (unpaired) electrons. The van der Waals surface area contributed by atoms with Crippen molar-refractivity contribution in [1.82, 2.24) is 10.2 Å². The molecule has 0 saturated carbocycles. The van der Waals surface area contributed by atoms with Crippen molar-refractivity contribution in [2.75, 3.05) is 20.3 Å². The SMILES string of the molecule is C=CCN1C(=O)c2oc3ccccc3c2OCC1(C)C(=O)NCc1ccccc1OC. The maximum Gasteiger partial charge on any atom is 0.294 e. The summed E-state index contributed by atoms with van der Waals surface area (Å²) in [5.41, 5.74) is 0.121.